The number of thiophene rings is 1. The van der Waals surface area contributed by atoms with Crippen LogP contribution in [0, 0.1) is 41.5 Å². The van der Waals surface area contributed by atoms with Crippen molar-refractivity contribution in [3.8, 4) is 17.2 Å². The highest BCUT2D eigenvalue weighted by Crippen LogP contribution is 2.38. The van der Waals surface area contributed by atoms with E-state index in [1.807, 2.05) is 237 Å². The topological polar surface area (TPSA) is 226 Å². The van der Waals surface area contributed by atoms with Crippen LogP contribution in [-0.2, 0) is 66.4 Å². The first kappa shape index (κ1) is 98.3. The number of thioether (sulfide) groups is 1. The predicted molar refractivity (Wildman–Crippen MR) is 571 cm³/mol. The Bertz CT molecular complexity index is 7570. The smallest absolute Gasteiger partial charge is 0.252 e. The lowest BCUT2D eigenvalue weighted by Gasteiger charge is -2.24. The van der Waals surface area contributed by atoms with Gasteiger partial charge in [-0.3, -0.25) is 14.4 Å². The highest BCUT2D eigenvalue weighted by atomic mass is 32.2. The number of imidazole rings is 6. The molecule has 9 heterocycles. The fourth-order valence-electron chi connectivity index (χ4n) is 17.6. The minimum absolute atomic E-state index is 0.0315. The van der Waals surface area contributed by atoms with Gasteiger partial charge in [0.2, 0.25) is 11.8 Å². The molecule has 1 unspecified atom stereocenters. The first-order chi connectivity index (χ1) is 68.1. The number of likely N-dealkylation sites (tertiary alicyclic amines) is 1. The van der Waals surface area contributed by atoms with Crippen LogP contribution in [0.2, 0.25) is 0 Å². The number of ether oxygens (including phenoxy) is 3. The Labute approximate surface area is 830 Å². The minimum atomic E-state index is -0.115. The van der Waals surface area contributed by atoms with Crippen molar-refractivity contribution >= 4 is 134 Å². The fourth-order valence-corrected chi connectivity index (χ4v) is 20.5. The molecule has 20 aromatic rings. The van der Waals surface area contributed by atoms with Crippen LogP contribution in [0.15, 0.2) is 313 Å². The van der Waals surface area contributed by atoms with Gasteiger partial charge in [-0.1, -0.05) is 210 Å². The minimum Gasteiger partial charge on any atom is -0.496 e. The van der Waals surface area contributed by atoms with E-state index in [1.54, 1.807) is 48.7 Å². The van der Waals surface area contributed by atoms with E-state index in [1.165, 1.54) is 38.0 Å². The number of hydrogen-bond acceptors (Lipinski definition) is 16. The maximum Gasteiger partial charge on any atom is 0.252 e. The molecule has 140 heavy (non-hydrogen) atoms. The van der Waals surface area contributed by atoms with Gasteiger partial charge in [0.15, 0.2) is 0 Å². The van der Waals surface area contributed by atoms with Gasteiger partial charge in [-0.25, -0.2) is 34.9 Å². The molecule has 2 N–H and O–H groups in total. The molecular weight excluding hydrogens is 1800 g/mol. The van der Waals surface area contributed by atoms with Crippen LogP contribution in [0.4, 0.5) is 5.69 Å². The van der Waals surface area contributed by atoms with Crippen molar-refractivity contribution in [1.29, 1.82) is 0 Å². The molecule has 0 spiro atoms. The normalized spacial score (nSPS) is 12.3. The van der Waals surface area contributed by atoms with Gasteiger partial charge >= 0.3 is 0 Å². The second-order valence-corrected chi connectivity index (χ2v) is 38.5. The summed E-state index contributed by atoms with van der Waals surface area (Å²) in [5, 5.41) is 11.2. The summed E-state index contributed by atoms with van der Waals surface area (Å²) in [4.78, 5) is 74.3. The molecule has 3 amide bonds. The third-order valence-corrected chi connectivity index (χ3v) is 27.7. The number of para-hydroxylation sites is 17. The van der Waals surface area contributed by atoms with E-state index in [0.29, 0.717) is 37.7 Å². The summed E-state index contributed by atoms with van der Waals surface area (Å²) < 4.78 is 30.6. The highest BCUT2D eigenvalue weighted by molar-refractivity contribution is 7.98. The molecular formula is C115H120N16O6S3. The van der Waals surface area contributed by atoms with E-state index in [0.717, 1.165) is 192 Å². The van der Waals surface area contributed by atoms with Gasteiger partial charge in [0, 0.05) is 54.2 Å². The van der Waals surface area contributed by atoms with Gasteiger partial charge in [-0.15, -0.1) is 23.1 Å². The van der Waals surface area contributed by atoms with Gasteiger partial charge < -0.3 is 57.1 Å². The van der Waals surface area contributed by atoms with E-state index in [4.69, 9.17) is 29.2 Å². The number of amides is 3. The summed E-state index contributed by atoms with van der Waals surface area (Å²) in [6, 6.07) is 99.3. The number of anilines is 1. The summed E-state index contributed by atoms with van der Waals surface area (Å²) in [6.45, 7) is 26.7. The average Bonchev–Trinajstić information content (AvgIpc) is 1.63. The number of methoxy groups -OCH3 is 2. The first-order valence-corrected chi connectivity index (χ1v) is 50.4. The zero-order valence-corrected chi connectivity index (χ0v) is 84.0. The van der Waals surface area contributed by atoms with Crippen LogP contribution >= 0.6 is 34.4 Å². The van der Waals surface area contributed by atoms with Crippen molar-refractivity contribution in [2.45, 2.75) is 163 Å². The van der Waals surface area contributed by atoms with E-state index in [-0.39, 0.29) is 35.7 Å². The van der Waals surface area contributed by atoms with Crippen molar-refractivity contribution in [2.24, 2.45) is 0 Å². The molecule has 22 nitrogen and oxygen atoms in total. The van der Waals surface area contributed by atoms with Crippen LogP contribution in [0.3, 0.4) is 0 Å². The Morgan fingerprint density at radius 2 is 0.979 bits per heavy atom. The largest absolute Gasteiger partial charge is 0.496 e. The Kier molecular flexibility index (Phi) is 32.7. The van der Waals surface area contributed by atoms with Crippen LogP contribution < -0.4 is 24.8 Å². The second-order valence-electron chi connectivity index (χ2n) is 35.6. The van der Waals surface area contributed by atoms with Gasteiger partial charge in [-0.05, 0) is 216 Å². The van der Waals surface area contributed by atoms with Crippen LogP contribution in [0.1, 0.15) is 138 Å². The van der Waals surface area contributed by atoms with Gasteiger partial charge in [0.1, 0.15) is 76.9 Å². The lowest BCUT2D eigenvalue weighted by Crippen LogP contribution is -2.33. The maximum atomic E-state index is 13.4. The second kappa shape index (κ2) is 46.6. The molecule has 25 heteroatoms. The van der Waals surface area contributed by atoms with Gasteiger partial charge in [-0.2, -0.15) is 11.3 Å². The molecule has 1 saturated heterocycles. The summed E-state index contributed by atoms with van der Waals surface area (Å²) in [5.41, 5.74) is 21.3. The number of unbranched alkanes of at least 4 members (excludes halogenated alkanes) is 1. The molecule has 1 fully saturated rings. The molecule has 714 valence electrons. The SMILES string of the molecule is CCCCc1nc2ccccc2n1CC(=O)N1CCCC1c1nc2ccccc2s1.COc1ccccc1Cn1c(C)nc2ccccc21.COc1ccccc1NC(=O)Cn1c(C)nc2ccccc21.Cc1ccc(Cn2c(C(C)(C)C)nc3ccccc32)cc1.Cc1ccccc1OCCn1c(C)nc2ccccc21.Cc1nc2ccccc2n1CCNC(=O)c1ccccc1SCc1ccsc1. The molecule has 12 aromatic carbocycles. The van der Waals surface area contributed by atoms with Crippen molar-refractivity contribution in [2.75, 3.05) is 39.2 Å². The molecule has 0 bridgehead atoms. The number of aromatic nitrogens is 13. The third-order valence-electron chi connectivity index (χ3n) is 24.7. The molecule has 0 radical (unpaired) electrons. The number of carbonyl (C=O) groups excluding carboxylic acids is 3. The van der Waals surface area contributed by atoms with E-state index in [2.05, 4.69) is 203 Å². The molecule has 1 aliphatic rings. The van der Waals surface area contributed by atoms with E-state index < -0.39 is 0 Å². The molecule has 8 aromatic heterocycles. The number of carbonyl (C=O) groups is 3. The summed E-state index contributed by atoms with van der Waals surface area (Å²) in [7, 11) is 3.29. The number of thiazole rings is 1. The monoisotopic (exact) mass is 1920 g/mol. The van der Waals surface area contributed by atoms with E-state index in [9.17, 15) is 14.4 Å². The number of nitrogens with one attached hydrogen (secondary N) is 2. The van der Waals surface area contributed by atoms with Crippen molar-refractivity contribution < 1.29 is 28.6 Å². The zero-order valence-electron chi connectivity index (χ0n) is 81.6. The number of fused-ring (bicyclic) bond motifs is 7. The quantitative estimate of drug-likeness (QED) is 0.0481. The third kappa shape index (κ3) is 24.1. The maximum absolute atomic E-state index is 13.4. The lowest BCUT2D eigenvalue weighted by atomic mass is 9.95. The van der Waals surface area contributed by atoms with E-state index >= 15 is 0 Å². The van der Waals surface area contributed by atoms with Gasteiger partial charge in [0.25, 0.3) is 5.91 Å². The van der Waals surface area contributed by atoms with Crippen molar-refractivity contribution in [3.63, 3.8) is 0 Å². The van der Waals surface area contributed by atoms with Crippen molar-refractivity contribution in [3.05, 3.63) is 381 Å². The first-order valence-electron chi connectivity index (χ1n) is 47.7. The molecule has 1 aliphatic heterocycles. The Balaban J connectivity index is 0.000000122. The summed E-state index contributed by atoms with van der Waals surface area (Å²) >= 11 is 5.11. The predicted octanol–water partition coefficient (Wildman–Crippen LogP) is 25.3. The van der Waals surface area contributed by atoms with Crippen LogP contribution in [0.5, 0.6) is 17.2 Å². The zero-order chi connectivity index (χ0) is 97.6. The Morgan fingerprint density at radius 1 is 0.471 bits per heavy atom. The number of aryl methyl sites for hydroxylation is 7. The highest BCUT2D eigenvalue weighted by Gasteiger charge is 2.33. The average molecular weight is 1920 g/mol. The van der Waals surface area contributed by atoms with Crippen LogP contribution in [-0.4, -0.2) is 119 Å². The molecule has 0 aliphatic carbocycles. The number of benzene rings is 12. The summed E-state index contributed by atoms with van der Waals surface area (Å²) in [5.74, 6) is 9.38. The lowest BCUT2D eigenvalue weighted by molar-refractivity contribution is -0.132. The summed E-state index contributed by atoms with van der Waals surface area (Å²) in [6.07, 6.45) is 5.11. The Morgan fingerprint density at radius 3 is 1.58 bits per heavy atom. The number of hydrogen-bond donors (Lipinski definition) is 2. The number of nitrogens with zero attached hydrogens (tertiary/aromatic N) is 14. The Hall–Kier alpha value is -14.8. The molecule has 21 rings (SSSR count). The fraction of sp³-hybridized carbons (Fsp3) is 0.252. The number of rotatable bonds is 26. The molecule has 1 atom stereocenters. The van der Waals surface area contributed by atoms with Crippen LogP contribution in [0.25, 0.3) is 76.4 Å². The standard InChI is InChI=1S/C24H26N4OS.C22H21N3OS2.C19H22N2.C17H17N3O2.C17H18N2O.C16H16N2O/c1-2-3-14-22-25-17-9-4-6-11-19(17)28(22)16-23(29)27-15-8-12-20(27)24-26-18-10-5-7-13-21(18)30-24;1-16-24-19-7-3-4-8-20(19)25(16)12-11-23-22(26)18-6-2-5-9-21(18)28-15-17-10-13-27-14-17;1-14-9-11-15(12-10-14)13-21-17-8-6-5-7-16(17)20-18(21)19(2,3)4;1-12-18-13-7-3-5-9-15(13)20(12)11-17(21)19-14-8-4-6-10-16(14)22-2;1-13-7-3-6-10-17(13)20-12-11-19-14(2)18-15-8-4-5-9-16(15)19;1-12-17-14-8-4-5-9-15(14)18(12)11-13-7-3-6-10-16(13)19-2/h4-7,9-11,13,20H,2-3,8,12,14-16H2,1H3;2-10,13-14H,11-12,15H2,1H3,(H,23,26);5-12H,13H2,1-4H3;3-10H,11H2,1-2H3,(H,19,21);3-10H,11-12H2,1-2H3;3-10H,11H2,1-2H3. The van der Waals surface area contributed by atoms with Crippen molar-refractivity contribution in [1.82, 2.24) is 72.5 Å². The molecule has 0 saturated carbocycles. The van der Waals surface area contributed by atoms with Gasteiger partial charge in [0.05, 0.1) is 121 Å².